The van der Waals surface area contributed by atoms with Gasteiger partial charge in [0.1, 0.15) is 0 Å². The van der Waals surface area contributed by atoms with E-state index >= 15 is 0 Å². The van der Waals surface area contributed by atoms with Crippen LogP contribution in [-0.4, -0.2) is 69.1 Å². The summed E-state index contributed by atoms with van der Waals surface area (Å²) in [6, 6.07) is 10.4. The average Bonchev–Trinajstić information content (AvgIpc) is 2.60. The Kier molecular flexibility index (Phi) is 7.90. The van der Waals surface area contributed by atoms with Crippen molar-refractivity contribution in [1.29, 1.82) is 0 Å². The van der Waals surface area contributed by atoms with Crippen LogP contribution in [0.15, 0.2) is 35.3 Å². The summed E-state index contributed by atoms with van der Waals surface area (Å²) in [5.74, 6) is 0.883. The number of unbranched alkanes of at least 4 members (excludes halogenated alkanes) is 1. The van der Waals surface area contributed by atoms with Crippen molar-refractivity contribution in [1.82, 2.24) is 20.4 Å². The fourth-order valence-corrected chi connectivity index (χ4v) is 2.74. The fourth-order valence-electron chi connectivity index (χ4n) is 2.74. The number of hydrogen-bond acceptors (Lipinski definition) is 3. The van der Waals surface area contributed by atoms with Crippen molar-refractivity contribution in [2.75, 3.05) is 53.4 Å². The summed E-state index contributed by atoms with van der Waals surface area (Å²) in [7, 11) is 4.03. The van der Waals surface area contributed by atoms with E-state index in [4.69, 9.17) is 0 Å². The first-order valence-electron chi connectivity index (χ1n) is 8.67. The average molecular weight is 317 g/mol. The molecule has 0 aromatic heterocycles. The van der Waals surface area contributed by atoms with Crippen LogP contribution < -0.4 is 10.6 Å². The Balaban J connectivity index is 1.54. The predicted molar refractivity (Wildman–Crippen MR) is 97.8 cm³/mol. The van der Waals surface area contributed by atoms with Crippen LogP contribution in [0.3, 0.4) is 0 Å². The van der Waals surface area contributed by atoms with Gasteiger partial charge in [-0.2, -0.15) is 0 Å². The minimum atomic E-state index is 0.807. The van der Waals surface area contributed by atoms with Gasteiger partial charge in [0.2, 0.25) is 0 Å². The summed E-state index contributed by atoms with van der Waals surface area (Å²) >= 11 is 0. The summed E-state index contributed by atoms with van der Waals surface area (Å²) in [6.07, 6.45) is 2.42. The molecule has 0 amide bonds. The Hall–Kier alpha value is -1.59. The Morgan fingerprint density at radius 1 is 1.04 bits per heavy atom. The lowest BCUT2D eigenvalue weighted by atomic mass is 10.2. The zero-order valence-electron chi connectivity index (χ0n) is 14.6. The summed E-state index contributed by atoms with van der Waals surface area (Å²) in [5, 5.41) is 6.75. The molecular formula is C18H31N5. The smallest absolute Gasteiger partial charge is 0.191 e. The van der Waals surface area contributed by atoms with Gasteiger partial charge in [-0.25, -0.2) is 0 Å². The fraction of sp³-hybridized carbons (Fsp3) is 0.611. The van der Waals surface area contributed by atoms with Crippen LogP contribution in [0.5, 0.6) is 0 Å². The standard InChI is InChI=1S/C18H31N5/c1-19-18(21-16-17-8-4-3-5-9-17)20-10-6-7-11-23-14-12-22(2)13-15-23/h3-5,8-9H,6-7,10-16H2,1-2H3,(H2,19,20,21). The highest BCUT2D eigenvalue weighted by atomic mass is 15.2. The number of hydrogen-bond donors (Lipinski definition) is 2. The molecule has 5 nitrogen and oxygen atoms in total. The van der Waals surface area contributed by atoms with E-state index in [1.807, 2.05) is 13.1 Å². The number of aliphatic imine (C=N–C) groups is 1. The molecule has 23 heavy (non-hydrogen) atoms. The maximum atomic E-state index is 4.28. The number of nitrogens with zero attached hydrogens (tertiary/aromatic N) is 3. The third kappa shape index (κ3) is 7.01. The third-order valence-electron chi connectivity index (χ3n) is 4.32. The van der Waals surface area contributed by atoms with Crippen molar-refractivity contribution in [3.63, 3.8) is 0 Å². The SMILES string of the molecule is CN=C(NCCCCN1CCN(C)CC1)NCc1ccccc1. The molecule has 128 valence electrons. The van der Waals surface area contributed by atoms with Gasteiger partial charge >= 0.3 is 0 Å². The summed E-state index contributed by atoms with van der Waals surface area (Å²) in [6.45, 7) is 7.83. The van der Waals surface area contributed by atoms with E-state index < -0.39 is 0 Å². The Bertz CT molecular complexity index is 452. The molecule has 1 aromatic rings. The molecule has 0 unspecified atom stereocenters. The summed E-state index contributed by atoms with van der Waals surface area (Å²) < 4.78 is 0. The van der Waals surface area contributed by atoms with E-state index in [1.54, 1.807) is 0 Å². The largest absolute Gasteiger partial charge is 0.356 e. The lowest BCUT2D eigenvalue weighted by molar-refractivity contribution is 0.152. The molecule has 0 bridgehead atoms. The zero-order chi connectivity index (χ0) is 16.3. The molecule has 1 aliphatic rings. The third-order valence-corrected chi connectivity index (χ3v) is 4.32. The Morgan fingerprint density at radius 3 is 2.48 bits per heavy atom. The van der Waals surface area contributed by atoms with E-state index in [9.17, 15) is 0 Å². The zero-order valence-corrected chi connectivity index (χ0v) is 14.6. The number of guanidine groups is 1. The molecule has 0 atom stereocenters. The molecule has 0 aliphatic carbocycles. The van der Waals surface area contributed by atoms with E-state index in [1.165, 1.54) is 51.1 Å². The van der Waals surface area contributed by atoms with E-state index in [-0.39, 0.29) is 0 Å². The highest BCUT2D eigenvalue weighted by Crippen LogP contribution is 2.01. The van der Waals surface area contributed by atoms with Crippen LogP contribution in [0.25, 0.3) is 0 Å². The van der Waals surface area contributed by atoms with Gasteiger partial charge in [-0.05, 0) is 32.0 Å². The van der Waals surface area contributed by atoms with Gasteiger partial charge in [0.25, 0.3) is 0 Å². The highest BCUT2D eigenvalue weighted by molar-refractivity contribution is 5.79. The topological polar surface area (TPSA) is 42.9 Å². The van der Waals surface area contributed by atoms with Gasteiger partial charge in [-0.1, -0.05) is 30.3 Å². The lowest BCUT2D eigenvalue weighted by Crippen LogP contribution is -2.44. The second-order valence-corrected chi connectivity index (χ2v) is 6.19. The molecule has 1 aliphatic heterocycles. The number of piperazine rings is 1. The minimum Gasteiger partial charge on any atom is -0.356 e. The number of benzene rings is 1. The number of rotatable bonds is 7. The maximum absolute atomic E-state index is 4.28. The molecule has 0 radical (unpaired) electrons. The Labute approximate surface area is 140 Å². The molecular weight excluding hydrogens is 286 g/mol. The molecule has 2 rings (SSSR count). The predicted octanol–water partition coefficient (Wildman–Crippen LogP) is 1.38. The quantitative estimate of drug-likeness (QED) is 0.453. The normalized spacial score (nSPS) is 17.2. The van der Waals surface area contributed by atoms with Crippen molar-refractivity contribution in [2.45, 2.75) is 19.4 Å². The van der Waals surface area contributed by atoms with Gasteiger partial charge in [0.05, 0.1) is 0 Å². The van der Waals surface area contributed by atoms with Crippen LogP contribution in [0.1, 0.15) is 18.4 Å². The second-order valence-electron chi connectivity index (χ2n) is 6.19. The van der Waals surface area contributed by atoms with Crippen molar-refractivity contribution in [3.8, 4) is 0 Å². The van der Waals surface area contributed by atoms with Crippen LogP contribution in [0.4, 0.5) is 0 Å². The van der Waals surface area contributed by atoms with Gasteiger partial charge in [-0.15, -0.1) is 0 Å². The van der Waals surface area contributed by atoms with E-state index in [0.29, 0.717) is 0 Å². The number of likely N-dealkylation sites (N-methyl/N-ethyl adjacent to an activating group) is 1. The molecule has 1 aromatic carbocycles. The summed E-state index contributed by atoms with van der Waals surface area (Å²) in [5.41, 5.74) is 1.27. The molecule has 0 saturated carbocycles. The minimum absolute atomic E-state index is 0.807. The Morgan fingerprint density at radius 2 is 1.78 bits per heavy atom. The highest BCUT2D eigenvalue weighted by Gasteiger charge is 2.12. The molecule has 0 spiro atoms. The first-order chi connectivity index (χ1) is 11.3. The molecule has 2 N–H and O–H groups in total. The first kappa shape index (κ1) is 17.8. The monoisotopic (exact) mass is 317 g/mol. The molecule has 1 heterocycles. The van der Waals surface area contributed by atoms with Crippen molar-refractivity contribution >= 4 is 5.96 Å². The van der Waals surface area contributed by atoms with E-state index in [2.05, 4.69) is 56.7 Å². The molecule has 1 fully saturated rings. The first-order valence-corrected chi connectivity index (χ1v) is 8.67. The van der Waals surface area contributed by atoms with Crippen LogP contribution in [-0.2, 0) is 6.54 Å². The van der Waals surface area contributed by atoms with Crippen LogP contribution in [0.2, 0.25) is 0 Å². The van der Waals surface area contributed by atoms with E-state index in [0.717, 1.165) is 19.0 Å². The lowest BCUT2D eigenvalue weighted by Gasteiger charge is -2.32. The molecule has 5 heteroatoms. The van der Waals surface area contributed by atoms with Gasteiger partial charge < -0.3 is 20.4 Å². The van der Waals surface area contributed by atoms with Crippen molar-refractivity contribution in [3.05, 3.63) is 35.9 Å². The summed E-state index contributed by atoms with van der Waals surface area (Å²) in [4.78, 5) is 9.25. The van der Waals surface area contributed by atoms with Crippen LogP contribution in [0, 0.1) is 0 Å². The number of nitrogens with one attached hydrogen (secondary N) is 2. The van der Waals surface area contributed by atoms with Gasteiger partial charge in [0, 0.05) is 46.3 Å². The molecule has 1 saturated heterocycles. The van der Waals surface area contributed by atoms with Gasteiger partial charge in [0.15, 0.2) is 5.96 Å². The van der Waals surface area contributed by atoms with Crippen LogP contribution >= 0.6 is 0 Å². The maximum Gasteiger partial charge on any atom is 0.191 e. The second kappa shape index (κ2) is 10.2. The van der Waals surface area contributed by atoms with Crippen molar-refractivity contribution in [2.24, 2.45) is 4.99 Å². The van der Waals surface area contributed by atoms with Crippen molar-refractivity contribution < 1.29 is 0 Å². The van der Waals surface area contributed by atoms with Gasteiger partial charge in [-0.3, -0.25) is 4.99 Å².